The topological polar surface area (TPSA) is 58.6 Å². The second-order valence-corrected chi connectivity index (χ2v) is 9.03. The molecule has 2 amide bonds. The lowest BCUT2D eigenvalue weighted by molar-refractivity contribution is -0.127. The van der Waals surface area contributed by atoms with Crippen LogP contribution in [0.15, 0.2) is 24.3 Å². The highest BCUT2D eigenvalue weighted by Gasteiger charge is 2.37. The van der Waals surface area contributed by atoms with Crippen LogP contribution in [0.3, 0.4) is 0 Å². The Morgan fingerprint density at radius 1 is 1.11 bits per heavy atom. The van der Waals surface area contributed by atoms with Crippen LogP contribution < -0.4 is 15.0 Å². The first kappa shape index (κ1) is 19.7. The van der Waals surface area contributed by atoms with Gasteiger partial charge in [-0.15, -0.1) is 0 Å². The molecule has 0 aromatic heterocycles. The van der Waals surface area contributed by atoms with Crippen molar-refractivity contribution in [2.75, 3.05) is 18.6 Å². The summed E-state index contributed by atoms with van der Waals surface area (Å²) in [6.45, 7) is 7.35. The maximum atomic E-state index is 12.7. The van der Waals surface area contributed by atoms with E-state index in [4.69, 9.17) is 4.74 Å². The summed E-state index contributed by atoms with van der Waals surface area (Å²) in [5, 5.41) is 3.21. The van der Waals surface area contributed by atoms with Crippen molar-refractivity contribution in [2.45, 2.75) is 58.9 Å². The van der Waals surface area contributed by atoms with E-state index in [1.54, 1.807) is 12.0 Å². The number of hydrogen-bond acceptors (Lipinski definition) is 3. The molecule has 0 unspecified atom stereocenters. The van der Waals surface area contributed by atoms with E-state index >= 15 is 0 Å². The number of carbonyl (C=O) groups is 2. The summed E-state index contributed by atoms with van der Waals surface area (Å²) in [5.41, 5.74) is 1.16. The fourth-order valence-corrected chi connectivity index (χ4v) is 4.32. The molecule has 3 rings (SSSR count). The minimum Gasteiger partial charge on any atom is -0.497 e. The molecule has 1 aliphatic carbocycles. The molecule has 0 radical (unpaired) electrons. The molecule has 5 nitrogen and oxygen atoms in total. The van der Waals surface area contributed by atoms with Gasteiger partial charge in [-0.05, 0) is 61.3 Å². The highest BCUT2D eigenvalue weighted by Crippen LogP contribution is 2.38. The molecule has 1 N–H and O–H groups in total. The summed E-state index contributed by atoms with van der Waals surface area (Å²) < 4.78 is 5.16. The first-order valence-corrected chi connectivity index (χ1v) is 10.0. The van der Waals surface area contributed by atoms with Crippen molar-refractivity contribution in [1.29, 1.82) is 0 Å². The second-order valence-electron chi connectivity index (χ2n) is 9.03. The average molecular weight is 373 g/mol. The van der Waals surface area contributed by atoms with E-state index < -0.39 is 0 Å². The number of methoxy groups -OCH3 is 1. The van der Waals surface area contributed by atoms with Crippen LogP contribution in [-0.2, 0) is 9.59 Å². The molecular formula is C22H32N2O3. The number of anilines is 1. The van der Waals surface area contributed by atoms with E-state index in [1.807, 2.05) is 24.3 Å². The Morgan fingerprint density at radius 2 is 1.74 bits per heavy atom. The molecule has 1 atom stereocenters. The number of amides is 2. The standard InChI is InChI=1S/C22H32N2O3/c1-22(2,3)16-5-7-17(8-6-16)23-21(26)15-13-20(25)24(14-15)18-9-11-19(27-4)12-10-18/h9-12,15-17H,5-8,13-14H2,1-4H3,(H,23,26)/t15-,16?,17?/m1/s1. The van der Waals surface area contributed by atoms with Gasteiger partial charge in [0.2, 0.25) is 11.8 Å². The first-order valence-electron chi connectivity index (χ1n) is 10.0. The third-order valence-corrected chi connectivity index (χ3v) is 6.18. The van der Waals surface area contributed by atoms with Gasteiger partial charge < -0.3 is 15.0 Å². The Labute approximate surface area is 162 Å². The predicted octanol–water partition coefficient (Wildman–Crippen LogP) is 3.77. The van der Waals surface area contributed by atoms with Crippen molar-refractivity contribution in [2.24, 2.45) is 17.3 Å². The fourth-order valence-electron chi connectivity index (χ4n) is 4.32. The summed E-state index contributed by atoms with van der Waals surface area (Å²) in [6, 6.07) is 7.66. The zero-order chi connectivity index (χ0) is 19.6. The Bertz CT molecular complexity index is 670. The molecular weight excluding hydrogens is 340 g/mol. The van der Waals surface area contributed by atoms with Gasteiger partial charge in [0, 0.05) is 24.7 Å². The fraction of sp³-hybridized carbons (Fsp3) is 0.636. The van der Waals surface area contributed by atoms with Gasteiger partial charge in [0.1, 0.15) is 5.75 Å². The predicted molar refractivity (Wildman–Crippen MR) is 107 cm³/mol. The minimum absolute atomic E-state index is 0.0109. The smallest absolute Gasteiger partial charge is 0.227 e. The molecule has 148 valence electrons. The minimum atomic E-state index is -0.264. The number of nitrogens with zero attached hydrogens (tertiary/aromatic N) is 1. The quantitative estimate of drug-likeness (QED) is 0.875. The number of benzene rings is 1. The molecule has 5 heteroatoms. The van der Waals surface area contributed by atoms with Crippen LogP contribution >= 0.6 is 0 Å². The molecule has 1 aliphatic heterocycles. The Balaban J connectivity index is 1.53. The van der Waals surface area contributed by atoms with E-state index in [1.165, 1.54) is 0 Å². The normalized spacial score (nSPS) is 26.1. The molecule has 2 fully saturated rings. The third-order valence-electron chi connectivity index (χ3n) is 6.18. The zero-order valence-electron chi connectivity index (χ0n) is 17.0. The van der Waals surface area contributed by atoms with Gasteiger partial charge in [-0.25, -0.2) is 0 Å². The SMILES string of the molecule is COc1ccc(N2C[C@H](C(=O)NC3CCC(C(C)(C)C)CC3)CC2=O)cc1. The highest BCUT2D eigenvalue weighted by molar-refractivity contribution is 6.00. The van der Waals surface area contributed by atoms with Gasteiger partial charge in [0.15, 0.2) is 0 Å². The number of ether oxygens (including phenoxy) is 1. The van der Waals surface area contributed by atoms with Crippen molar-refractivity contribution in [3.8, 4) is 5.75 Å². The summed E-state index contributed by atoms with van der Waals surface area (Å²) in [6.07, 6.45) is 4.69. The molecule has 1 aromatic carbocycles. The average Bonchev–Trinajstić information content (AvgIpc) is 3.03. The maximum Gasteiger partial charge on any atom is 0.227 e. The summed E-state index contributed by atoms with van der Waals surface area (Å²) >= 11 is 0. The summed E-state index contributed by atoms with van der Waals surface area (Å²) in [7, 11) is 1.62. The second kappa shape index (κ2) is 7.91. The van der Waals surface area contributed by atoms with E-state index in [0.717, 1.165) is 43.0 Å². The Hall–Kier alpha value is -2.04. The van der Waals surface area contributed by atoms with E-state index in [0.29, 0.717) is 12.0 Å². The van der Waals surface area contributed by atoms with Crippen LogP contribution in [0.1, 0.15) is 52.9 Å². The first-order chi connectivity index (χ1) is 12.8. The van der Waals surface area contributed by atoms with Crippen molar-refractivity contribution in [1.82, 2.24) is 5.32 Å². The number of nitrogens with one attached hydrogen (secondary N) is 1. The number of rotatable bonds is 4. The van der Waals surface area contributed by atoms with Crippen molar-refractivity contribution in [3.63, 3.8) is 0 Å². The van der Waals surface area contributed by atoms with E-state index in [-0.39, 0.29) is 30.2 Å². The lowest BCUT2D eigenvalue weighted by Gasteiger charge is -2.37. The van der Waals surface area contributed by atoms with Gasteiger partial charge in [-0.2, -0.15) is 0 Å². The Morgan fingerprint density at radius 3 is 2.30 bits per heavy atom. The van der Waals surface area contributed by atoms with Crippen LogP contribution in [0.2, 0.25) is 0 Å². The monoisotopic (exact) mass is 372 g/mol. The van der Waals surface area contributed by atoms with Crippen molar-refractivity contribution >= 4 is 17.5 Å². The molecule has 0 spiro atoms. The Kier molecular flexibility index (Phi) is 5.78. The molecule has 0 bridgehead atoms. The molecule has 1 saturated carbocycles. The van der Waals surface area contributed by atoms with Gasteiger partial charge in [-0.3, -0.25) is 9.59 Å². The van der Waals surface area contributed by atoms with Crippen LogP contribution in [0.5, 0.6) is 5.75 Å². The van der Waals surface area contributed by atoms with Crippen LogP contribution in [0.4, 0.5) is 5.69 Å². The zero-order valence-corrected chi connectivity index (χ0v) is 17.0. The summed E-state index contributed by atoms with van der Waals surface area (Å²) in [5.74, 6) is 1.25. The van der Waals surface area contributed by atoms with Gasteiger partial charge in [0.05, 0.1) is 13.0 Å². The van der Waals surface area contributed by atoms with Crippen LogP contribution in [0.25, 0.3) is 0 Å². The van der Waals surface area contributed by atoms with Crippen LogP contribution in [0, 0.1) is 17.3 Å². The van der Waals surface area contributed by atoms with Gasteiger partial charge in [0.25, 0.3) is 0 Å². The summed E-state index contributed by atoms with van der Waals surface area (Å²) in [4.78, 5) is 26.8. The largest absolute Gasteiger partial charge is 0.497 e. The van der Waals surface area contributed by atoms with Crippen molar-refractivity contribution in [3.05, 3.63) is 24.3 Å². The lowest BCUT2D eigenvalue weighted by atomic mass is 9.71. The van der Waals surface area contributed by atoms with Crippen LogP contribution in [-0.4, -0.2) is 31.5 Å². The maximum absolute atomic E-state index is 12.7. The third kappa shape index (κ3) is 4.63. The van der Waals surface area contributed by atoms with E-state index in [9.17, 15) is 9.59 Å². The van der Waals surface area contributed by atoms with Gasteiger partial charge >= 0.3 is 0 Å². The van der Waals surface area contributed by atoms with Crippen molar-refractivity contribution < 1.29 is 14.3 Å². The van der Waals surface area contributed by atoms with Gasteiger partial charge in [-0.1, -0.05) is 20.8 Å². The molecule has 1 saturated heterocycles. The highest BCUT2D eigenvalue weighted by atomic mass is 16.5. The molecule has 27 heavy (non-hydrogen) atoms. The lowest BCUT2D eigenvalue weighted by Crippen LogP contribution is -2.42. The molecule has 1 heterocycles. The number of hydrogen-bond donors (Lipinski definition) is 1. The molecule has 1 aromatic rings. The number of carbonyl (C=O) groups excluding carboxylic acids is 2. The van der Waals surface area contributed by atoms with E-state index in [2.05, 4.69) is 26.1 Å². The molecule has 2 aliphatic rings.